The average Bonchev–Trinajstić information content (AvgIpc) is 3.85. The van der Waals surface area contributed by atoms with Gasteiger partial charge in [-0.25, -0.2) is 0 Å². The molecule has 0 aromatic heterocycles. The van der Waals surface area contributed by atoms with Crippen LogP contribution in [0.1, 0.15) is 33.4 Å². The molecule has 3 aliphatic carbocycles. The van der Waals surface area contributed by atoms with Crippen molar-refractivity contribution in [3.05, 3.63) is 270 Å². The van der Waals surface area contributed by atoms with E-state index in [0.29, 0.717) is 0 Å². The Morgan fingerprint density at radius 3 is 1.40 bits per heavy atom. The Kier molecular flexibility index (Phi) is 7.95. The Balaban J connectivity index is 1.17. The van der Waals surface area contributed by atoms with E-state index >= 15 is 0 Å². The summed E-state index contributed by atoms with van der Waals surface area (Å²) in [6.45, 7) is 0. The number of hydrogen-bond donors (Lipinski definition) is 0. The van der Waals surface area contributed by atoms with E-state index in [1.54, 1.807) is 0 Å². The molecule has 13 rings (SSSR count). The Labute approximate surface area is 368 Å². The molecule has 1 spiro atoms. The standard InChI is InChI=1S/C62H41N/c1-3-19-41(20-4-1)46-24-13-17-33-58(46)63(59-34-18-14-25-47(59)42-21-5-2-6-22-42)45-36-37-52-50-28-10-9-27-49(50)51-29-11-15-31-54(51)62(57(52)40-45)55-32-16-12-30-53(55)61-56(62)38-35-44-39-43-23-7-8-26-48(43)60(44)61/h1-38,40H,39H2. The van der Waals surface area contributed by atoms with E-state index in [2.05, 4.69) is 241 Å². The molecule has 1 heteroatoms. The second-order valence-electron chi connectivity index (χ2n) is 17.1. The zero-order valence-corrected chi connectivity index (χ0v) is 34.7. The third-order valence-electron chi connectivity index (χ3n) is 13.9. The van der Waals surface area contributed by atoms with Crippen LogP contribution in [0.25, 0.3) is 66.8 Å². The average molecular weight is 800 g/mol. The predicted molar refractivity (Wildman–Crippen MR) is 262 cm³/mol. The lowest BCUT2D eigenvalue weighted by molar-refractivity contribution is 0.775. The van der Waals surface area contributed by atoms with Gasteiger partial charge in [0.15, 0.2) is 0 Å². The number of rotatable bonds is 5. The van der Waals surface area contributed by atoms with Crippen LogP contribution < -0.4 is 4.90 Å². The quantitative estimate of drug-likeness (QED) is 0.168. The molecule has 0 saturated heterocycles. The molecular weight excluding hydrogens is 759 g/mol. The van der Waals surface area contributed by atoms with Gasteiger partial charge in [-0.2, -0.15) is 0 Å². The largest absolute Gasteiger partial charge is 0.309 e. The van der Waals surface area contributed by atoms with Gasteiger partial charge in [-0.15, -0.1) is 0 Å². The first-order valence-electron chi connectivity index (χ1n) is 22.1. The Bertz CT molecular complexity index is 3350. The number of benzene rings is 10. The van der Waals surface area contributed by atoms with E-state index in [9.17, 15) is 0 Å². The molecule has 63 heavy (non-hydrogen) atoms. The minimum atomic E-state index is -0.636. The molecule has 1 unspecified atom stereocenters. The summed E-state index contributed by atoms with van der Waals surface area (Å²) < 4.78 is 0. The first-order valence-corrected chi connectivity index (χ1v) is 22.1. The van der Waals surface area contributed by atoms with Crippen molar-refractivity contribution in [3.63, 3.8) is 0 Å². The van der Waals surface area contributed by atoms with Crippen LogP contribution in [0.3, 0.4) is 0 Å². The van der Waals surface area contributed by atoms with Gasteiger partial charge in [-0.05, 0) is 120 Å². The zero-order chi connectivity index (χ0) is 41.5. The molecule has 1 atom stereocenters. The first-order chi connectivity index (χ1) is 31.3. The summed E-state index contributed by atoms with van der Waals surface area (Å²) in [5.74, 6) is 0. The van der Waals surface area contributed by atoms with E-state index in [4.69, 9.17) is 0 Å². The summed E-state index contributed by atoms with van der Waals surface area (Å²) in [5, 5.41) is 0. The lowest BCUT2D eigenvalue weighted by Gasteiger charge is -2.37. The lowest BCUT2D eigenvalue weighted by Crippen LogP contribution is -2.29. The minimum absolute atomic E-state index is 0.636. The monoisotopic (exact) mass is 799 g/mol. The van der Waals surface area contributed by atoms with Crippen LogP contribution in [-0.2, 0) is 11.8 Å². The summed E-state index contributed by atoms with van der Waals surface area (Å²) in [6.07, 6.45) is 0.952. The summed E-state index contributed by atoms with van der Waals surface area (Å²) >= 11 is 0. The van der Waals surface area contributed by atoms with Crippen LogP contribution in [0, 0.1) is 0 Å². The van der Waals surface area contributed by atoms with E-state index in [-0.39, 0.29) is 0 Å². The highest BCUT2D eigenvalue weighted by Gasteiger charge is 2.51. The van der Waals surface area contributed by atoms with Gasteiger partial charge in [0.2, 0.25) is 0 Å². The first kappa shape index (κ1) is 35.7. The molecule has 1 nitrogen and oxygen atoms in total. The molecule has 0 heterocycles. The molecular formula is C62H41N. The molecule has 0 aliphatic heterocycles. The molecule has 0 saturated carbocycles. The SMILES string of the molecule is c1ccc(-c2ccccc2N(c2ccc3c(c2)C2(c4ccccc4-c4ccccc4-3)c3ccccc3-c3c2ccc2c3-c3ccccc3C2)c2ccccc2-c2ccccc2)cc1. The fourth-order valence-corrected chi connectivity index (χ4v) is 11.4. The normalized spacial score (nSPS) is 14.7. The second kappa shape index (κ2) is 14.0. The van der Waals surface area contributed by atoms with Gasteiger partial charge >= 0.3 is 0 Å². The Hall–Kier alpha value is -8.00. The van der Waals surface area contributed by atoms with Gasteiger partial charge in [-0.3, -0.25) is 0 Å². The van der Waals surface area contributed by atoms with E-state index in [1.807, 2.05) is 0 Å². The van der Waals surface area contributed by atoms with E-state index in [0.717, 1.165) is 23.5 Å². The molecule has 3 aliphatic rings. The van der Waals surface area contributed by atoms with Crippen molar-refractivity contribution < 1.29 is 0 Å². The lowest BCUT2D eigenvalue weighted by atomic mass is 9.65. The number of anilines is 3. The summed E-state index contributed by atoms with van der Waals surface area (Å²) in [6, 6.07) is 88.3. The highest BCUT2D eigenvalue weighted by molar-refractivity contribution is 6.04. The van der Waals surface area contributed by atoms with Gasteiger partial charge in [0.05, 0.1) is 16.8 Å². The number of fused-ring (bicyclic) bond motifs is 16. The van der Waals surface area contributed by atoms with Crippen LogP contribution >= 0.6 is 0 Å². The van der Waals surface area contributed by atoms with E-state index < -0.39 is 5.41 Å². The maximum absolute atomic E-state index is 2.55. The Morgan fingerprint density at radius 1 is 0.286 bits per heavy atom. The van der Waals surface area contributed by atoms with Crippen molar-refractivity contribution in [2.24, 2.45) is 0 Å². The molecule has 0 amide bonds. The molecule has 0 radical (unpaired) electrons. The summed E-state index contributed by atoms with van der Waals surface area (Å²) in [4.78, 5) is 2.52. The van der Waals surface area contributed by atoms with Gasteiger partial charge in [0.1, 0.15) is 0 Å². The maximum Gasteiger partial charge on any atom is 0.0726 e. The molecule has 10 aromatic rings. The molecule has 294 valence electrons. The minimum Gasteiger partial charge on any atom is -0.309 e. The highest BCUT2D eigenvalue weighted by Crippen LogP contribution is 2.64. The zero-order valence-electron chi connectivity index (χ0n) is 34.7. The van der Waals surface area contributed by atoms with E-state index in [1.165, 1.54) is 100 Å². The summed E-state index contributed by atoms with van der Waals surface area (Å²) in [5.41, 5.74) is 26.0. The number of nitrogens with zero attached hydrogens (tertiary/aromatic N) is 1. The van der Waals surface area contributed by atoms with Gasteiger partial charge in [0, 0.05) is 16.8 Å². The fraction of sp³-hybridized carbons (Fsp3) is 0.0323. The van der Waals surface area contributed by atoms with Crippen molar-refractivity contribution in [3.8, 4) is 66.8 Å². The van der Waals surface area contributed by atoms with Gasteiger partial charge in [0.25, 0.3) is 0 Å². The van der Waals surface area contributed by atoms with Crippen LogP contribution in [0.2, 0.25) is 0 Å². The van der Waals surface area contributed by atoms with Crippen LogP contribution in [0.4, 0.5) is 17.1 Å². The molecule has 0 fully saturated rings. The molecule has 0 N–H and O–H groups in total. The van der Waals surface area contributed by atoms with Crippen LogP contribution in [0.5, 0.6) is 0 Å². The maximum atomic E-state index is 2.55. The molecule has 10 aromatic carbocycles. The molecule has 0 bridgehead atoms. The number of hydrogen-bond acceptors (Lipinski definition) is 1. The van der Waals surface area contributed by atoms with Gasteiger partial charge in [-0.1, -0.05) is 212 Å². The second-order valence-corrected chi connectivity index (χ2v) is 17.1. The fourth-order valence-electron chi connectivity index (χ4n) is 11.4. The smallest absolute Gasteiger partial charge is 0.0726 e. The third kappa shape index (κ3) is 5.17. The highest BCUT2D eigenvalue weighted by atomic mass is 15.1. The summed E-state index contributed by atoms with van der Waals surface area (Å²) in [7, 11) is 0. The topological polar surface area (TPSA) is 3.24 Å². The number of para-hydroxylation sites is 2. The Morgan fingerprint density at radius 2 is 0.762 bits per heavy atom. The third-order valence-corrected chi connectivity index (χ3v) is 13.9. The predicted octanol–water partition coefficient (Wildman–Crippen LogP) is 16.1. The van der Waals surface area contributed by atoms with Crippen molar-refractivity contribution >= 4 is 17.1 Å². The van der Waals surface area contributed by atoms with Crippen molar-refractivity contribution in [1.29, 1.82) is 0 Å². The van der Waals surface area contributed by atoms with Gasteiger partial charge < -0.3 is 4.90 Å². The van der Waals surface area contributed by atoms with Crippen molar-refractivity contribution in [1.82, 2.24) is 0 Å². The van der Waals surface area contributed by atoms with Crippen LogP contribution in [0.15, 0.2) is 237 Å². The van der Waals surface area contributed by atoms with Crippen LogP contribution in [-0.4, -0.2) is 0 Å². The van der Waals surface area contributed by atoms with Crippen molar-refractivity contribution in [2.75, 3.05) is 4.90 Å². The van der Waals surface area contributed by atoms with Crippen molar-refractivity contribution in [2.45, 2.75) is 11.8 Å².